The Kier molecular flexibility index (Phi) is 4.13. The quantitative estimate of drug-likeness (QED) is 0.905. The second-order valence-electron chi connectivity index (χ2n) is 6.57. The van der Waals surface area contributed by atoms with Crippen molar-refractivity contribution in [2.45, 2.75) is 39.7 Å². The Labute approximate surface area is 116 Å². The van der Waals surface area contributed by atoms with Crippen molar-refractivity contribution < 1.29 is 4.79 Å². The summed E-state index contributed by atoms with van der Waals surface area (Å²) in [6.45, 7) is 8.03. The van der Waals surface area contributed by atoms with E-state index in [1.54, 1.807) is 0 Å². The number of para-hydroxylation sites is 1. The molecule has 0 aromatic heterocycles. The fourth-order valence-electron chi connectivity index (χ4n) is 2.44. The molecule has 0 aliphatic carbocycles. The zero-order valence-corrected chi connectivity index (χ0v) is 12.1. The summed E-state index contributed by atoms with van der Waals surface area (Å²) in [7, 11) is 0. The van der Waals surface area contributed by atoms with Crippen molar-refractivity contribution in [2.75, 3.05) is 18.4 Å². The van der Waals surface area contributed by atoms with Crippen molar-refractivity contribution in [3.63, 3.8) is 0 Å². The number of nitrogens with one attached hydrogen (secondary N) is 1. The standard InChI is InChI=1S/C16H24N2O/c1-16(2,3)11-15(19)18-10-9-14(12-18)17-13-7-5-4-6-8-13/h4-8,14,17H,9-12H2,1-3H3. The molecule has 3 nitrogen and oxygen atoms in total. The van der Waals surface area contributed by atoms with Gasteiger partial charge in [0.2, 0.25) is 5.91 Å². The fourth-order valence-corrected chi connectivity index (χ4v) is 2.44. The van der Waals surface area contributed by atoms with Crippen LogP contribution in [0.5, 0.6) is 0 Å². The van der Waals surface area contributed by atoms with Crippen LogP contribution in [-0.2, 0) is 4.79 Å². The first-order chi connectivity index (χ1) is 8.94. The summed E-state index contributed by atoms with van der Waals surface area (Å²) >= 11 is 0. The highest BCUT2D eigenvalue weighted by molar-refractivity contribution is 5.77. The van der Waals surface area contributed by atoms with E-state index >= 15 is 0 Å². The number of amides is 1. The Morgan fingerprint density at radius 3 is 2.63 bits per heavy atom. The monoisotopic (exact) mass is 260 g/mol. The summed E-state index contributed by atoms with van der Waals surface area (Å²) in [5.41, 5.74) is 1.21. The maximum atomic E-state index is 12.2. The van der Waals surface area contributed by atoms with Gasteiger partial charge in [0, 0.05) is 31.2 Å². The number of likely N-dealkylation sites (tertiary alicyclic amines) is 1. The Bertz CT molecular complexity index is 422. The largest absolute Gasteiger partial charge is 0.380 e. The number of hydrogen-bond donors (Lipinski definition) is 1. The minimum Gasteiger partial charge on any atom is -0.380 e. The number of hydrogen-bond acceptors (Lipinski definition) is 2. The third-order valence-corrected chi connectivity index (χ3v) is 3.37. The van der Waals surface area contributed by atoms with Crippen LogP contribution < -0.4 is 5.32 Å². The van der Waals surface area contributed by atoms with Crippen molar-refractivity contribution >= 4 is 11.6 Å². The number of nitrogens with zero attached hydrogens (tertiary/aromatic N) is 1. The molecule has 0 radical (unpaired) electrons. The topological polar surface area (TPSA) is 32.3 Å². The van der Waals surface area contributed by atoms with Crippen LogP contribution in [0.15, 0.2) is 30.3 Å². The number of anilines is 1. The third-order valence-electron chi connectivity index (χ3n) is 3.37. The summed E-state index contributed by atoms with van der Waals surface area (Å²) in [6, 6.07) is 10.6. The molecule has 1 N–H and O–H groups in total. The maximum Gasteiger partial charge on any atom is 0.223 e. The molecule has 0 saturated carbocycles. The molecule has 1 aliphatic heterocycles. The summed E-state index contributed by atoms with van der Waals surface area (Å²) in [5.74, 6) is 0.282. The van der Waals surface area contributed by atoms with Crippen LogP contribution in [0.3, 0.4) is 0 Å². The molecule has 1 amide bonds. The van der Waals surface area contributed by atoms with E-state index in [-0.39, 0.29) is 11.3 Å². The summed E-state index contributed by atoms with van der Waals surface area (Å²) in [6.07, 6.45) is 1.66. The van der Waals surface area contributed by atoms with E-state index < -0.39 is 0 Å². The third kappa shape index (κ3) is 4.27. The number of benzene rings is 1. The summed E-state index contributed by atoms with van der Waals surface area (Å²) < 4.78 is 0. The number of carbonyl (C=O) groups excluding carboxylic acids is 1. The van der Waals surface area contributed by atoms with E-state index in [2.05, 4.69) is 38.2 Å². The van der Waals surface area contributed by atoms with Gasteiger partial charge in [0.1, 0.15) is 0 Å². The minimum atomic E-state index is 0.0715. The molecule has 1 aliphatic rings. The fraction of sp³-hybridized carbons (Fsp3) is 0.562. The summed E-state index contributed by atoms with van der Waals surface area (Å²) in [5, 5.41) is 3.49. The van der Waals surface area contributed by atoms with Crippen molar-refractivity contribution in [1.82, 2.24) is 4.90 Å². The van der Waals surface area contributed by atoms with Gasteiger partial charge in [-0.05, 0) is 24.0 Å². The van der Waals surface area contributed by atoms with Crippen LogP contribution in [0.2, 0.25) is 0 Å². The second-order valence-corrected chi connectivity index (χ2v) is 6.57. The Hall–Kier alpha value is -1.51. The molecule has 3 heteroatoms. The van der Waals surface area contributed by atoms with Crippen LogP contribution in [0, 0.1) is 5.41 Å². The smallest absolute Gasteiger partial charge is 0.223 e. The van der Waals surface area contributed by atoms with E-state index in [1.807, 2.05) is 23.1 Å². The van der Waals surface area contributed by atoms with E-state index in [9.17, 15) is 4.79 Å². The molecule has 1 saturated heterocycles. The first-order valence-corrected chi connectivity index (χ1v) is 7.03. The lowest BCUT2D eigenvalue weighted by atomic mass is 9.92. The van der Waals surface area contributed by atoms with Crippen LogP contribution in [-0.4, -0.2) is 29.9 Å². The second kappa shape index (κ2) is 5.64. The highest BCUT2D eigenvalue weighted by Crippen LogP contribution is 2.22. The van der Waals surface area contributed by atoms with Crippen LogP contribution in [0.4, 0.5) is 5.69 Å². The molecular weight excluding hydrogens is 236 g/mol. The molecule has 1 aromatic carbocycles. The molecule has 1 unspecified atom stereocenters. The first-order valence-electron chi connectivity index (χ1n) is 7.03. The maximum absolute atomic E-state index is 12.2. The number of rotatable bonds is 3. The van der Waals surface area contributed by atoms with Crippen molar-refractivity contribution in [1.29, 1.82) is 0 Å². The van der Waals surface area contributed by atoms with Gasteiger partial charge in [0.25, 0.3) is 0 Å². The lowest BCUT2D eigenvalue weighted by Crippen LogP contribution is -2.33. The van der Waals surface area contributed by atoms with Gasteiger partial charge in [-0.3, -0.25) is 4.79 Å². The summed E-state index contributed by atoms with van der Waals surface area (Å²) in [4.78, 5) is 14.1. The zero-order chi connectivity index (χ0) is 13.9. The van der Waals surface area contributed by atoms with Crippen LogP contribution >= 0.6 is 0 Å². The molecule has 1 fully saturated rings. The van der Waals surface area contributed by atoms with Gasteiger partial charge in [-0.2, -0.15) is 0 Å². The van der Waals surface area contributed by atoms with Gasteiger partial charge in [-0.25, -0.2) is 0 Å². The zero-order valence-electron chi connectivity index (χ0n) is 12.1. The Morgan fingerprint density at radius 2 is 2.00 bits per heavy atom. The normalized spacial score (nSPS) is 19.5. The average Bonchev–Trinajstić information content (AvgIpc) is 2.77. The highest BCUT2D eigenvalue weighted by atomic mass is 16.2. The van der Waals surface area contributed by atoms with Gasteiger partial charge >= 0.3 is 0 Å². The van der Waals surface area contributed by atoms with E-state index in [0.717, 1.165) is 25.2 Å². The lowest BCUT2D eigenvalue weighted by molar-refractivity contribution is -0.132. The van der Waals surface area contributed by atoms with E-state index in [4.69, 9.17) is 0 Å². The predicted octanol–water partition coefficient (Wildman–Crippen LogP) is 3.14. The molecule has 104 valence electrons. The highest BCUT2D eigenvalue weighted by Gasteiger charge is 2.28. The van der Waals surface area contributed by atoms with Gasteiger partial charge in [-0.1, -0.05) is 39.0 Å². The predicted molar refractivity (Wildman–Crippen MR) is 79.1 cm³/mol. The molecule has 1 aromatic rings. The molecule has 0 bridgehead atoms. The van der Waals surface area contributed by atoms with Crippen molar-refractivity contribution in [3.05, 3.63) is 30.3 Å². The lowest BCUT2D eigenvalue weighted by Gasteiger charge is -2.23. The average molecular weight is 260 g/mol. The Morgan fingerprint density at radius 1 is 1.32 bits per heavy atom. The first kappa shape index (κ1) is 13.9. The molecule has 2 rings (SSSR count). The SMILES string of the molecule is CC(C)(C)CC(=O)N1CCC(Nc2ccccc2)C1. The van der Waals surface area contributed by atoms with Gasteiger partial charge in [0.05, 0.1) is 0 Å². The molecule has 19 heavy (non-hydrogen) atoms. The molecule has 1 heterocycles. The molecule has 1 atom stereocenters. The number of carbonyl (C=O) groups is 1. The van der Waals surface area contributed by atoms with Crippen molar-refractivity contribution in [3.8, 4) is 0 Å². The minimum absolute atomic E-state index is 0.0715. The van der Waals surface area contributed by atoms with Gasteiger partial charge < -0.3 is 10.2 Å². The molecule has 0 spiro atoms. The van der Waals surface area contributed by atoms with Crippen LogP contribution in [0.25, 0.3) is 0 Å². The van der Waals surface area contributed by atoms with Crippen LogP contribution in [0.1, 0.15) is 33.6 Å². The van der Waals surface area contributed by atoms with Gasteiger partial charge in [-0.15, -0.1) is 0 Å². The van der Waals surface area contributed by atoms with E-state index in [0.29, 0.717) is 12.5 Å². The van der Waals surface area contributed by atoms with Crippen molar-refractivity contribution in [2.24, 2.45) is 5.41 Å². The Balaban J connectivity index is 1.85. The van der Waals surface area contributed by atoms with Gasteiger partial charge in [0.15, 0.2) is 0 Å². The van der Waals surface area contributed by atoms with E-state index in [1.165, 1.54) is 0 Å². The molecular formula is C16H24N2O.